The lowest BCUT2D eigenvalue weighted by atomic mass is 9.76. The molecule has 3 rings (SSSR count). The van der Waals surface area contributed by atoms with E-state index in [9.17, 15) is 9.59 Å². The summed E-state index contributed by atoms with van der Waals surface area (Å²) < 4.78 is 5.57. The topological polar surface area (TPSA) is 55.4 Å². The van der Waals surface area contributed by atoms with Crippen molar-refractivity contribution in [2.45, 2.75) is 37.6 Å². The third-order valence-electron chi connectivity index (χ3n) is 4.82. The predicted octanol–water partition coefficient (Wildman–Crippen LogP) is 3.85. The van der Waals surface area contributed by atoms with Crippen molar-refractivity contribution in [2.75, 3.05) is 6.61 Å². The Morgan fingerprint density at radius 2 is 1.68 bits per heavy atom. The maximum Gasteiger partial charge on any atom is 0.258 e. The van der Waals surface area contributed by atoms with Gasteiger partial charge in [-0.05, 0) is 30.5 Å². The quantitative estimate of drug-likeness (QED) is 0.815. The molecule has 4 nitrogen and oxygen atoms in total. The second-order valence-corrected chi connectivity index (χ2v) is 6.50. The van der Waals surface area contributed by atoms with E-state index in [4.69, 9.17) is 4.74 Å². The van der Waals surface area contributed by atoms with Crippen LogP contribution in [0.1, 0.15) is 48.0 Å². The standard InChI is InChI=1S/C21H23NO3/c23-15-17-9-5-6-12-19(17)25-16-20(24)22-21(13-7-2-8-14-21)18-10-3-1-4-11-18/h1,3-6,9-12,15H,2,7-8,13-14,16H2,(H,22,24). The van der Waals surface area contributed by atoms with Gasteiger partial charge in [0.15, 0.2) is 12.9 Å². The molecule has 0 aromatic heterocycles. The minimum Gasteiger partial charge on any atom is -0.483 e. The lowest BCUT2D eigenvalue weighted by Crippen LogP contribution is -2.48. The molecule has 2 aromatic carbocycles. The molecule has 0 saturated heterocycles. The van der Waals surface area contributed by atoms with E-state index in [1.807, 2.05) is 18.2 Å². The van der Waals surface area contributed by atoms with Gasteiger partial charge in [-0.2, -0.15) is 0 Å². The largest absolute Gasteiger partial charge is 0.483 e. The number of para-hydroxylation sites is 1. The fourth-order valence-corrected chi connectivity index (χ4v) is 3.55. The second kappa shape index (κ2) is 7.97. The van der Waals surface area contributed by atoms with Crippen LogP contribution in [0.15, 0.2) is 54.6 Å². The summed E-state index contributed by atoms with van der Waals surface area (Å²) in [6.45, 7) is -0.0978. The molecule has 1 fully saturated rings. The van der Waals surface area contributed by atoms with Gasteiger partial charge in [-0.25, -0.2) is 0 Å². The summed E-state index contributed by atoms with van der Waals surface area (Å²) in [5.41, 5.74) is 1.28. The van der Waals surface area contributed by atoms with Crippen molar-refractivity contribution in [3.05, 3.63) is 65.7 Å². The number of hydrogen-bond donors (Lipinski definition) is 1. The van der Waals surface area contributed by atoms with E-state index in [1.54, 1.807) is 24.3 Å². The van der Waals surface area contributed by atoms with Gasteiger partial charge in [0, 0.05) is 0 Å². The van der Waals surface area contributed by atoms with Gasteiger partial charge in [-0.1, -0.05) is 61.7 Å². The third kappa shape index (κ3) is 4.08. The van der Waals surface area contributed by atoms with E-state index in [1.165, 1.54) is 6.42 Å². The van der Waals surface area contributed by atoms with Crippen LogP contribution in [0.3, 0.4) is 0 Å². The van der Waals surface area contributed by atoms with E-state index < -0.39 is 0 Å². The summed E-state index contributed by atoms with van der Waals surface area (Å²) in [4.78, 5) is 23.6. The molecule has 4 heteroatoms. The fourth-order valence-electron chi connectivity index (χ4n) is 3.55. The lowest BCUT2D eigenvalue weighted by Gasteiger charge is -2.38. The van der Waals surface area contributed by atoms with E-state index >= 15 is 0 Å². The monoisotopic (exact) mass is 337 g/mol. The van der Waals surface area contributed by atoms with Crippen molar-refractivity contribution in [1.29, 1.82) is 0 Å². The van der Waals surface area contributed by atoms with Crippen molar-refractivity contribution in [3.63, 3.8) is 0 Å². The number of ether oxygens (including phenoxy) is 1. The fraction of sp³-hybridized carbons (Fsp3) is 0.333. The zero-order valence-corrected chi connectivity index (χ0v) is 14.2. The molecule has 0 unspecified atom stereocenters. The first-order chi connectivity index (χ1) is 12.2. The summed E-state index contributed by atoms with van der Waals surface area (Å²) >= 11 is 0. The Bertz CT molecular complexity index is 721. The van der Waals surface area contributed by atoms with Crippen LogP contribution in [-0.4, -0.2) is 18.8 Å². The van der Waals surface area contributed by atoms with Crippen LogP contribution in [0, 0.1) is 0 Å². The maximum absolute atomic E-state index is 12.5. The highest BCUT2D eigenvalue weighted by atomic mass is 16.5. The molecule has 0 aliphatic heterocycles. The molecule has 0 atom stereocenters. The average molecular weight is 337 g/mol. The first-order valence-electron chi connectivity index (χ1n) is 8.77. The number of hydrogen-bond acceptors (Lipinski definition) is 3. The van der Waals surface area contributed by atoms with Crippen molar-refractivity contribution >= 4 is 12.2 Å². The Balaban J connectivity index is 1.70. The highest BCUT2D eigenvalue weighted by Crippen LogP contribution is 2.37. The van der Waals surface area contributed by atoms with Crippen molar-refractivity contribution in [3.8, 4) is 5.75 Å². The molecule has 1 aliphatic rings. The summed E-state index contributed by atoms with van der Waals surface area (Å²) in [6.07, 6.45) is 6.02. The van der Waals surface area contributed by atoms with Crippen LogP contribution in [0.25, 0.3) is 0 Å². The van der Waals surface area contributed by atoms with Gasteiger partial charge in [-0.3, -0.25) is 9.59 Å². The van der Waals surface area contributed by atoms with Gasteiger partial charge < -0.3 is 10.1 Å². The van der Waals surface area contributed by atoms with E-state index in [2.05, 4.69) is 17.4 Å². The van der Waals surface area contributed by atoms with Crippen LogP contribution in [0.5, 0.6) is 5.75 Å². The molecule has 0 heterocycles. The van der Waals surface area contributed by atoms with Gasteiger partial charge in [-0.15, -0.1) is 0 Å². The Morgan fingerprint density at radius 3 is 2.40 bits per heavy atom. The first kappa shape index (κ1) is 17.2. The molecular weight excluding hydrogens is 314 g/mol. The molecular formula is C21H23NO3. The van der Waals surface area contributed by atoms with Crippen LogP contribution >= 0.6 is 0 Å². The summed E-state index contributed by atoms with van der Waals surface area (Å²) in [6, 6.07) is 17.1. The van der Waals surface area contributed by atoms with Gasteiger partial charge in [0.25, 0.3) is 5.91 Å². The average Bonchev–Trinajstić information content (AvgIpc) is 2.68. The van der Waals surface area contributed by atoms with Gasteiger partial charge in [0.05, 0.1) is 11.1 Å². The number of rotatable bonds is 6. The van der Waals surface area contributed by atoms with Crippen LogP contribution in [0.2, 0.25) is 0 Å². The zero-order valence-electron chi connectivity index (χ0n) is 14.2. The third-order valence-corrected chi connectivity index (χ3v) is 4.82. The first-order valence-corrected chi connectivity index (χ1v) is 8.77. The normalized spacial score (nSPS) is 16.0. The highest BCUT2D eigenvalue weighted by Gasteiger charge is 2.35. The molecule has 0 bridgehead atoms. The van der Waals surface area contributed by atoms with Crippen molar-refractivity contribution in [2.24, 2.45) is 0 Å². The van der Waals surface area contributed by atoms with Crippen molar-refractivity contribution in [1.82, 2.24) is 5.32 Å². The molecule has 1 N–H and O–H groups in total. The molecule has 0 spiro atoms. The summed E-state index contributed by atoms with van der Waals surface area (Å²) in [7, 11) is 0. The van der Waals surface area contributed by atoms with Gasteiger partial charge >= 0.3 is 0 Å². The smallest absolute Gasteiger partial charge is 0.258 e. The van der Waals surface area contributed by atoms with E-state index in [0.717, 1.165) is 37.5 Å². The molecule has 1 aliphatic carbocycles. The van der Waals surface area contributed by atoms with Crippen LogP contribution in [-0.2, 0) is 10.3 Å². The lowest BCUT2D eigenvalue weighted by molar-refractivity contribution is -0.125. The Hall–Kier alpha value is -2.62. The summed E-state index contributed by atoms with van der Waals surface area (Å²) in [5, 5.41) is 3.20. The number of amides is 1. The molecule has 1 saturated carbocycles. The SMILES string of the molecule is O=Cc1ccccc1OCC(=O)NC1(c2ccccc2)CCCCC1. The predicted molar refractivity (Wildman–Crippen MR) is 96.7 cm³/mol. The summed E-state index contributed by atoms with van der Waals surface area (Å²) in [5.74, 6) is 0.275. The van der Waals surface area contributed by atoms with Gasteiger partial charge in [0.2, 0.25) is 0 Å². The second-order valence-electron chi connectivity index (χ2n) is 6.50. The maximum atomic E-state index is 12.5. The number of benzene rings is 2. The molecule has 0 radical (unpaired) electrons. The highest BCUT2D eigenvalue weighted by molar-refractivity contribution is 5.81. The number of carbonyl (C=O) groups is 2. The van der Waals surface area contributed by atoms with Crippen molar-refractivity contribution < 1.29 is 14.3 Å². The number of carbonyl (C=O) groups excluding carboxylic acids is 2. The Morgan fingerprint density at radius 1 is 1.00 bits per heavy atom. The molecule has 130 valence electrons. The molecule has 1 amide bonds. The van der Waals surface area contributed by atoms with E-state index in [0.29, 0.717) is 11.3 Å². The zero-order chi connectivity index (χ0) is 17.5. The molecule has 25 heavy (non-hydrogen) atoms. The van der Waals surface area contributed by atoms with Crippen LogP contribution < -0.4 is 10.1 Å². The Kier molecular flexibility index (Phi) is 5.49. The minimum atomic E-state index is -0.315. The minimum absolute atomic E-state index is 0.0978. The molecule has 2 aromatic rings. The number of aldehydes is 1. The Labute approximate surface area is 148 Å². The van der Waals surface area contributed by atoms with Crippen LogP contribution in [0.4, 0.5) is 0 Å². The van der Waals surface area contributed by atoms with E-state index in [-0.39, 0.29) is 18.1 Å². The van der Waals surface area contributed by atoms with Gasteiger partial charge in [0.1, 0.15) is 5.75 Å². The number of nitrogens with one attached hydrogen (secondary N) is 1.